The van der Waals surface area contributed by atoms with Gasteiger partial charge < -0.3 is 10.2 Å². The third kappa shape index (κ3) is 3.28. The second-order valence-corrected chi connectivity index (χ2v) is 5.73. The molecule has 1 saturated carbocycles. The molecule has 0 aromatic heterocycles. The van der Waals surface area contributed by atoms with Crippen LogP contribution < -0.4 is 5.32 Å². The van der Waals surface area contributed by atoms with Gasteiger partial charge >= 0.3 is 0 Å². The van der Waals surface area contributed by atoms with Gasteiger partial charge in [0, 0.05) is 35.6 Å². The Morgan fingerprint density at radius 2 is 2.16 bits per heavy atom. The minimum absolute atomic E-state index is 0. The molecule has 0 spiro atoms. The zero-order chi connectivity index (χ0) is 12.7. The van der Waals surface area contributed by atoms with E-state index in [4.69, 9.17) is 23.2 Å². The Bertz CT molecular complexity index is 507. The number of rotatable bonds is 2. The summed E-state index contributed by atoms with van der Waals surface area (Å²) in [6, 6.07) is 6.18. The minimum atomic E-state index is 0. The van der Waals surface area contributed by atoms with Crippen molar-refractivity contribution in [1.29, 1.82) is 0 Å². The molecular formula is C13H16Cl2IN3. The van der Waals surface area contributed by atoms with Gasteiger partial charge in [0.05, 0.1) is 6.54 Å². The predicted molar refractivity (Wildman–Crippen MR) is 91.1 cm³/mol. The highest BCUT2D eigenvalue weighted by molar-refractivity contribution is 14.0. The van der Waals surface area contributed by atoms with E-state index < -0.39 is 0 Å². The first-order valence-corrected chi connectivity index (χ1v) is 6.88. The molecule has 6 heteroatoms. The largest absolute Gasteiger partial charge is 0.353 e. The number of aliphatic imine (C=N–C) groups is 1. The molecule has 3 nitrogen and oxygen atoms in total. The number of halogens is 3. The van der Waals surface area contributed by atoms with E-state index in [1.807, 2.05) is 18.2 Å². The van der Waals surface area contributed by atoms with Crippen molar-refractivity contribution in [3.8, 4) is 0 Å². The van der Waals surface area contributed by atoms with Crippen LogP contribution in [-0.4, -0.2) is 37.0 Å². The maximum atomic E-state index is 6.22. The van der Waals surface area contributed by atoms with E-state index in [-0.39, 0.29) is 24.0 Å². The highest BCUT2D eigenvalue weighted by atomic mass is 127. The van der Waals surface area contributed by atoms with Crippen molar-refractivity contribution in [3.63, 3.8) is 0 Å². The summed E-state index contributed by atoms with van der Waals surface area (Å²) < 4.78 is 0. The SMILES string of the molecule is CN1CCN=C1N[C@@H]1C[C@H]1c1ccc(Cl)cc1Cl.I. The Balaban J connectivity index is 0.00000133. The van der Waals surface area contributed by atoms with Gasteiger partial charge in [-0.15, -0.1) is 24.0 Å². The van der Waals surface area contributed by atoms with E-state index in [1.165, 1.54) is 5.56 Å². The lowest BCUT2D eigenvalue weighted by molar-refractivity contribution is 0.532. The van der Waals surface area contributed by atoms with Gasteiger partial charge in [0.15, 0.2) is 5.96 Å². The molecule has 1 heterocycles. The number of hydrogen-bond acceptors (Lipinski definition) is 3. The molecule has 0 bridgehead atoms. The molecular weight excluding hydrogens is 396 g/mol. The predicted octanol–water partition coefficient (Wildman–Crippen LogP) is 3.36. The summed E-state index contributed by atoms with van der Waals surface area (Å²) in [5, 5.41) is 4.93. The lowest BCUT2D eigenvalue weighted by atomic mass is 10.1. The van der Waals surface area contributed by atoms with E-state index in [0.717, 1.165) is 30.5 Å². The van der Waals surface area contributed by atoms with Crippen LogP contribution in [0.3, 0.4) is 0 Å². The van der Waals surface area contributed by atoms with Gasteiger partial charge in [-0.3, -0.25) is 4.99 Å². The molecule has 2 aliphatic rings. The Morgan fingerprint density at radius 3 is 2.79 bits per heavy atom. The average Bonchev–Trinajstić information content (AvgIpc) is 2.95. The topological polar surface area (TPSA) is 27.6 Å². The fraction of sp³-hybridized carbons (Fsp3) is 0.462. The maximum Gasteiger partial charge on any atom is 0.194 e. The monoisotopic (exact) mass is 411 g/mol. The number of likely N-dealkylation sites (N-methyl/N-ethyl adjacent to an activating group) is 1. The summed E-state index contributed by atoms with van der Waals surface area (Å²) in [4.78, 5) is 6.59. The van der Waals surface area contributed by atoms with Crippen molar-refractivity contribution in [1.82, 2.24) is 10.2 Å². The van der Waals surface area contributed by atoms with Crippen molar-refractivity contribution < 1.29 is 0 Å². The summed E-state index contributed by atoms with van der Waals surface area (Å²) in [7, 11) is 2.06. The van der Waals surface area contributed by atoms with Crippen LogP contribution in [0.5, 0.6) is 0 Å². The standard InChI is InChI=1S/C13H15Cl2N3.HI/c1-18-5-4-16-13(18)17-12-7-10(12)9-3-2-8(14)6-11(9)15;/h2-3,6,10,12H,4-5,7H2,1H3,(H,16,17);1H/t10-,12+;/m0./s1. The van der Waals surface area contributed by atoms with Gasteiger partial charge in [0.2, 0.25) is 0 Å². The van der Waals surface area contributed by atoms with Crippen LogP contribution >= 0.6 is 47.2 Å². The van der Waals surface area contributed by atoms with Crippen LogP contribution in [0, 0.1) is 0 Å². The number of benzene rings is 1. The Labute approximate surface area is 140 Å². The van der Waals surface area contributed by atoms with Crippen molar-refractivity contribution in [2.24, 2.45) is 4.99 Å². The lowest BCUT2D eigenvalue weighted by Crippen LogP contribution is -2.37. The summed E-state index contributed by atoms with van der Waals surface area (Å²) in [5.74, 6) is 1.49. The molecule has 19 heavy (non-hydrogen) atoms. The number of nitrogens with zero attached hydrogens (tertiary/aromatic N) is 2. The Kier molecular flexibility index (Phi) is 4.84. The maximum absolute atomic E-state index is 6.22. The molecule has 1 aliphatic carbocycles. The second-order valence-electron chi connectivity index (χ2n) is 4.89. The zero-order valence-corrected chi connectivity index (χ0v) is 14.4. The van der Waals surface area contributed by atoms with Crippen molar-refractivity contribution in [3.05, 3.63) is 33.8 Å². The van der Waals surface area contributed by atoms with Gasteiger partial charge in [-0.1, -0.05) is 29.3 Å². The third-order valence-corrected chi connectivity index (χ3v) is 4.09. The van der Waals surface area contributed by atoms with Gasteiger partial charge in [-0.25, -0.2) is 0 Å². The first kappa shape index (κ1) is 15.2. The smallest absolute Gasteiger partial charge is 0.194 e. The van der Waals surface area contributed by atoms with E-state index in [2.05, 4.69) is 22.3 Å². The molecule has 0 radical (unpaired) electrons. The second kappa shape index (κ2) is 6.06. The van der Waals surface area contributed by atoms with Crippen molar-refractivity contribution >= 4 is 53.1 Å². The van der Waals surface area contributed by atoms with Crippen LogP contribution in [0.4, 0.5) is 0 Å². The molecule has 1 N–H and O–H groups in total. The molecule has 1 aliphatic heterocycles. The zero-order valence-electron chi connectivity index (χ0n) is 10.6. The molecule has 1 fully saturated rings. The van der Waals surface area contributed by atoms with Crippen LogP contribution in [-0.2, 0) is 0 Å². The molecule has 2 atom stereocenters. The van der Waals surface area contributed by atoms with E-state index >= 15 is 0 Å². The molecule has 1 aromatic rings. The molecule has 104 valence electrons. The first-order chi connectivity index (χ1) is 8.65. The Hall–Kier alpha value is -0.200. The highest BCUT2D eigenvalue weighted by Crippen LogP contribution is 2.44. The quantitative estimate of drug-likeness (QED) is 0.755. The van der Waals surface area contributed by atoms with Crippen molar-refractivity contribution in [2.45, 2.75) is 18.4 Å². The average molecular weight is 412 g/mol. The Morgan fingerprint density at radius 1 is 1.37 bits per heavy atom. The molecule has 0 unspecified atom stereocenters. The molecule has 0 saturated heterocycles. The lowest BCUT2D eigenvalue weighted by Gasteiger charge is -2.15. The van der Waals surface area contributed by atoms with Crippen LogP contribution in [0.1, 0.15) is 17.9 Å². The van der Waals surface area contributed by atoms with Crippen LogP contribution in [0.15, 0.2) is 23.2 Å². The fourth-order valence-corrected chi connectivity index (χ4v) is 2.90. The molecule has 0 amide bonds. The summed E-state index contributed by atoms with van der Waals surface area (Å²) in [5.41, 5.74) is 1.18. The summed E-state index contributed by atoms with van der Waals surface area (Å²) in [6.07, 6.45) is 1.11. The van der Waals surface area contributed by atoms with Crippen LogP contribution in [0.25, 0.3) is 0 Å². The third-order valence-electron chi connectivity index (χ3n) is 3.53. The first-order valence-electron chi connectivity index (χ1n) is 6.12. The van der Waals surface area contributed by atoms with Gasteiger partial charge in [0.1, 0.15) is 0 Å². The molecule has 3 rings (SSSR count). The van der Waals surface area contributed by atoms with Gasteiger partial charge in [-0.2, -0.15) is 0 Å². The fourth-order valence-electron chi connectivity index (χ4n) is 2.35. The van der Waals surface area contributed by atoms with Gasteiger partial charge in [0.25, 0.3) is 0 Å². The number of guanidine groups is 1. The number of hydrogen-bond donors (Lipinski definition) is 1. The van der Waals surface area contributed by atoms with E-state index in [1.54, 1.807) is 0 Å². The molecule has 1 aromatic carbocycles. The normalized spacial score (nSPS) is 24.8. The van der Waals surface area contributed by atoms with Crippen LogP contribution in [0.2, 0.25) is 10.0 Å². The summed E-state index contributed by atoms with van der Waals surface area (Å²) >= 11 is 12.1. The van der Waals surface area contributed by atoms with E-state index in [9.17, 15) is 0 Å². The van der Waals surface area contributed by atoms with Crippen molar-refractivity contribution in [2.75, 3.05) is 20.1 Å². The minimum Gasteiger partial charge on any atom is -0.353 e. The highest BCUT2D eigenvalue weighted by Gasteiger charge is 2.40. The number of nitrogens with one attached hydrogen (secondary N) is 1. The van der Waals surface area contributed by atoms with E-state index in [0.29, 0.717) is 17.0 Å². The summed E-state index contributed by atoms with van der Waals surface area (Å²) in [6.45, 7) is 1.89. The van der Waals surface area contributed by atoms with Gasteiger partial charge in [-0.05, 0) is 24.1 Å².